The summed E-state index contributed by atoms with van der Waals surface area (Å²) in [5, 5.41) is 3.31. The number of nitrogens with zero attached hydrogens (tertiary/aromatic N) is 1. The second-order valence-corrected chi connectivity index (χ2v) is 6.15. The van der Waals surface area contributed by atoms with E-state index in [1.807, 2.05) is 0 Å². The quantitative estimate of drug-likeness (QED) is 0.744. The average molecular weight is 290 g/mol. The number of rotatable bonds is 8. The molecule has 1 aliphatic heterocycles. The Hall–Kier alpha value is -1.06. The lowest BCUT2D eigenvalue weighted by Gasteiger charge is -2.32. The van der Waals surface area contributed by atoms with Gasteiger partial charge in [-0.15, -0.1) is 0 Å². The molecule has 0 radical (unpaired) electrons. The number of likely N-dealkylation sites (tertiary alicyclic amines) is 1. The maximum atomic E-state index is 5.81. The van der Waals surface area contributed by atoms with E-state index in [9.17, 15) is 0 Å². The van der Waals surface area contributed by atoms with Crippen molar-refractivity contribution in [3.8, 4) is 5.75 Å². The van der Waals surface area contributed by atoms with E-state index in [0.29, 0.717) is 0 Å². The molecule has 1 N–H and O–H groups in total. The lowest BCUT2D eigenvalue weighted by molar-refractivity contribution is 0.166. The number of ether oxygens (including phenoxy) is 1. The third kappa shape index (κ3) is 5.68. The first kappa shape index (κ1) is 16.3. The average Bonchev–Trinajstić information content (AvgIpc) is 2.49. The van der Waals surface area contributed by atoms with E-state index < -0.39 is 0 Å². The zero-order chi connectivity index (χ0) is 14.9. The summed E-state index contributed by atoms with van der Waals surface area (Å²) in [6.45, 7) is 7.64. The molecule has 0 aliphatic carbocycles. The Bertz CT molecular complexity index is 406. The first-order valence-electron chi connectivity index (χ1n) is 8.40. The maximum absolute atomic E-state index is 5.81. The Balaban J connectivity index is 1.85. The lowest BCUT2D eigenvalue weighted by atomic mass is 9.97. The molecule has 1 saturated heterocycles. The van der Waals surface area contributed by atoms with Gasteiger partial charge in [-0.3, -0.25) is 4.90 Å². The van der Waals surface area contributed by atoms with Crippen LogP contribution in [-0.2, 0) is 6.54 Å². The Morgan fingerprint density at radius 2 is 2.29 bits per heavy atom. The molecule has 0 saturated carbocycles. The van der Waals surface area contributed by atoms with Gasteiger partial charge in [-0.1, -0.05) is 25.5 Å². The summed E-state index contributed by atoms with van der Waals surface area (Å²) in [6, 6.07) is 8.61. The smallest absolute Gasteiger partial charge is 0.119 e. The van der Waals surface area contributed by atoms with Gasteiger partial charge in [0.1, 0.15) is 5.75 Å². The fourth-order valence-corrected chi connectivity index (χ4v) is 3.08. The minimum atomic E-state index is 0.799. The number of piperidine rings is 1. The van der Waals surface area contributed by atoms with Crippen molar-refractivity contribution < 1.29 is 4.74 Å². The molecule has 1 atom stereocenters. The molecule has 1 aromatic rings. The summed E-state index contributed by atoms with van der Waals surface area (Å²) in [5.41, 5.74) is 1.37. The third-order valence-electron chi connectivity index (χ3n) is 4.17. The van der Waals surface area contributed by atoms with Crippen LogP contribution in [0.15, 0.2) is 24.3 Å². The molecule has 21 heavy (non-hydrogen) atoms. The SMILES string of the molecule is CCCCOc1cccc(CN2CCCC(CNC)C2)c1. The van der Waals surface area contributed by atoms with Crippen LogP contribution in [0.5, 0.6) is 5.75 Å². The van der Waals surface area contributed by atoms with Crippen LogP contribution in [0.25, 0.3) is 0 Å². The summed E-state index contributed by atoms with van der Waals surface area (Å²) >= 11 is 0. The Labute approximate surface area is 129 Å². The van der Waals surface area contributed by atoms with Gasteiger partial charge in [0.15, 0.2) is 0 Å². The fourth-order valence-electron chi connectivity index (χ4n) is 3.08. The van der Waals surface area contributed by atoms with Crippen LogP contribution in [0.1, 0.15) is 38.2 Å². The summed E-state index contributed by atoms with van der Waals surface area (Å²) in [4.78, 5) is 2.58. The molecule has 1 heterocycles. The minimum absolute atomic E-state index is 0.799. The van der Waals surface area contributed by atoms with Crippen molar-refractivity contribution >= 4 is 0 Å². The van der Waals surface area contributed by atoms with Crippen LogP contribution < -0.4 is 10.1 Å². The predicted molar refractivity (Wildman–Crippen MR) is 88.8 cm³/mol. The zero-order valence-electron chi connectivity index (χ0n) is 13.6. The van der Waals surface area contributed by atoms with Crippen molar-refractivity contribution in [2.24, 2.45) is 5.92 Å². The highest BCUT2D eigenvalue weighted by Gasteiger charge is 2.19. The highest BCUT2D eigenvalue weighted by molar-refractivity contribution is 5.28. The van der Waals surface area contributed by atoms with Gasteiger partial charge in [0.05, 0.1) is 6.61 Å². The van der Waals surface area contributed by atoms with E-state index in [2.05, 4.69) is 48.5 Å². The molecule has 2 rings (SSSR count). The highest BCUT2D eigenvalue weighted by atomic mass is 16.5. The summed E-state index contributed by atoms with van der Waals surface area (Å²) in [5.74, 6) is 1.82. The second-order valence-electron chi connectivity index (χ2n) is 6.15. The molecule has 0 spiro atoms. The summed E-state index contributed by atoms with van der Waals surface area (Å²) in [6.07, 6.45) is 4.99. The van der Waals surface area contributed by atoms with E-state index in [-0.39, 0.29) is 0 Å². The second kappa shape index (κ2) is 9.06. The van der Waals surface area contributed by atoms with Crippen LogP contribution >= 0.6 is 0 Å². The summed E-state index contributed by atoms with van der Waals surface area (Å²) in [7, 11) is 2.05. The van der Waals surface area contributed by atoms with Gasteiger partial charge in [-0.2, -0.15) is 0 Å². The number of hydrogen-bond donors (Lipinski definition) is 1. The molecule has 0 aromatic heterocycles. The van der Waals surface area contributed by atoms with Crippen molar-refractivity contribution in [3.63, 3.8) is 0 Å². The van der Waals surface area contributed by atoms with Crippen LogP contribution in [0.3, 0.4) is 0 Å². The minimum Gasteiger partial charge on any atom is -0.494 e. The summed E-state index contributed by atoms with van der Waals surface area (Å²) < 4.78 is 5.81. The molecule has 1 unspecified atom stereocenters. The van der Waals surface area contributed by atoms with Gasteiger partial charge in [0, 0.05) is 13.1 Å². The van der Waals surface area contributed by atoms with Crippen LogP contribution in [0.2, 0.25) is 0 Å². The molecule has 118 valence electrons. The topological polar surface area (TPSA) is 24.5 Å². The van der Waals surface area contributed by atoms with Crippen LogP contribution in [0, 0.1) is 5.92 Å². The standard InChI is InChI=1S/C18H30N2O/c1-3-4-11-21-18-9-5-7-16(12-18)14-20-10-6-8-17(15-20)13-19-2/h5,7,9,12,17,19H,3-4,6,8,10-11,13-15H2,1-2H3. The molecular formula is C18H30N2O. The number of unbranched alkanes of at least 4 members (excludes halogenated alkanes) is 1. The first-order valence-corrected chi connectivity index (χ1v) is 8.40. The number of hydrogen-bond acceptors (Lipinski definition) is 3. The number of benzene rings is 1. The van der Waals surface area contributed by atoms with Crippen molar-refractivity contribution in [2.45, 2.75) is 39.2 Å². The van der Waals surface area contributed by atoms with E-state index in [0.717, 1.165) is 37.8 Å². The van der Waals surface area contributed by atoms with Crippen molar-refractivity contribution in [1.29, 1.82) is 0 Å². The van der Waals surface area contributed by atoms with Gasteiger partial charge in [0.2, 0.25) is 0 Å². The zero-order valence-corrected chi connectivity index (χ0v) is 13.6. The van der Waals surface area contributed by atoms with Crippen molar-refractivity contribution in [3.05, 3.63) is 29.8 Å². The molecule has 3 nitrogen and oxygen atoms in total. The normalized spacial score (nSPS) is 19.6. The Morgan fingerprint density at radius 3 is 3.10 bits per heavy atom. The van der Waals surface area contributed by atoms with E-state index in [1.54, 1.807) is 0 Å². The van der Waals surface area contributed by atoms with Gasteiger partial charge in [-0.25, -0.2) is 0 Å². The van der Waals surface area contributed by atoms with Gasteiger partial charge >= 0.3 is 0 Å². The molecule has 0 amide bonds. The van der Waals surface area contributed by atoms with Gasteiger partial charge < -0.3 is 10.1 Å². The molecule has 1 aromatic carbocycles. The maximum Gasteiger partial charge on any atom is 0.119 e. The highest BCUT2D eigenvalue weighted by Crippen LogP contribution is 2.20. The lowest BCUT2D eigenvalue weighted by Crippen LogP contribution is -2.38. The van der Waals surface area contributed by atoms with E-state index in [4.69, 9.17) is 4.74 Å². The Kier molecular flexibility index (Phi) is 7.04. The predicted octanol–water partition coefficient (Wildman–Crippen LogP) is 3.30. The molecule has 3 heteroatoms. The first-order chi connectivity index (χ1) is 10.3. The van der Waals surface area contributed by atoms with Crippen molar-refractivity contribution in [1.82, 2.24) is 10.2 Å². The fraction of sp³-hybridized carbons (Fsp3) is 0.667. The monoisotopic (exact) mass is 290 g/mol. The molecule has 0 bridgehead atoms. The van der Waals surface area contributed by atoms with Crippen LogP contribution in [-0.4, -0.2) is 38.2 Å². The largest absolute Gasteiger partial charge is 0.494 e. The molecule has 1 aliphatic rings. The molecule has 1 fully saturated rings. The van der Waals surface area contributed by atoms with E-state index in [1.165, 1.54) is 37.9 Å². The van der Waals surface area contributed by atoms with Gasteiger partial charge in [0.25, 0.3) is 0 Å². The van der Waals surface area contributed by atoms with Crippen LogP contribution in [0.4, 0.5) is 0 Å². The van der Waals surface area contributed by atoms with Crippen molar-refractivity contribution in [2.75, 3.05) is 33.3 Å². The van der Waals surface area contributed by atoms with Gasteiger partial charge in [-0.05, 0) is 63.0 Å². The molecular weight excluding hydrogens is 260 g/mol. The third-order valence-corrected chi connectivity index (χ3v) is 4.17. The van der Waals surface area contributed by atoms with E-state index >= 15 is 0 Å². The number of nitrogens with one attached hydrogen (secondary N) is 1. The Morgan fingerprint density at radius 1 is 1.38 bits per heavy atom.